The third-order valence-corrected chi connectivity index (χ3v) is 4.87. The highest BCUT2D eigenvalue weighted by Crippen LogP contribution is 2.19. The van der Waals surface area contributed by atoms with Crippen molar-refractivity contribution in [3.05, 3.63) is 64.7 Å². The molecule has 0 bridgehead atoms. The molecule has 29 heavy (non-hydrogen) atoms. The first-order chi connectivity index (χ1) is 13.8. The van der Waals surface area contributed by atoms with E-state index in [1.165, 1.54) is 0 Å². The Labute approximate surface area is 174 Å². The van der Waals surface area contributed by atoms with Crippen LogP contribution in [0.1, 0.15) is 42.5 Å². The molecule has 2 amide bonds. The van der Waals surface area contributed by atoms with Crippen molar-refractivity contribution in [3.63, 3.8) is 0 Å². The van der Waals surface area contributed by atoms with Gasteiger partial charge < -0.3 is 15.0 Å². The third-order valence-electron chi connectivity index (χ3n) is 4.87. The minimum Gasteiger partial charge on any atom is -0.483 e. The summed E-state index contributed by atoms with van der Waals surface area (Å²) in [6.45, 7) is 10.6. The van der Waals surface area contributed by atoms with Gasteiger partial charge in [0.1, 0.15) is 11.8 Å². The van der Waals surface area contributed by atoms with Gasteiger partial charge in [-0.2, -0.15) is 0 Å². The maximum Gasteiger partial charge on any atom is 0.261 e. The average Bonchev–Trinajstić information content (AvgIpc) is 2.70. The first-order valence-corrected chi connectivity index (χ1v) is 10.1. The lowest BCUT2D eigenvalue weighted by atomic mass is 10.1. The summed E-state index contributed by atoms with van der Waals surface area (Å²) in [4.78, 5) is 27.1. The van der Waals surface area contributed by atoms with Gasteiger partial charge in [-0.25, -0.2) is 0 Å². The predicted molar refractivity (Wildman–Crippen MR) is 116 cm³/mol. The van der Waals surface area contributed by atoms with Gasteiger partial charge in [0.2, 0.25) is 5.91 Å². The van der Waals surface area contributed by atoms with Crippen molar-refractivity contribution < 1.29 is 14.3 Å². The highest BCUT2D eigenvalue weighted by molar-refractivity contribution is 5.87. The summed E-state index contributed by atoms with van der Waals surface area (Å²) >= 11 is 0. The van der Waals surface area contributed by atoms with Crippen molar-refractivity contribution in [1.82, 2.24) is 10.2 Å². The van der Waals surface area contributed by atoms with Crippen LogP contribution in [0.2, 0.25) is 0 Å². The molecule has 0 heterocycles. The fourth-order valence-electron chi connectivity index (χ4n) is 3.05. The first kappa shape index (κ1) is 22.5. The molecule has 1 unspecified atom stereocenters. The van der Waals surface area contributed by atoms with Crippen LogP contribution in [0.15, 0.2) is 42.5 Å². The van der Waals surface area contributed by atoms with Crippen molar-refractivity contribution >= 4 is 11.8 Å². The van der Waals surface area contributed by atoms with Crippen molar-refractivity contribution in [2.75, 3.05) is 13.2 Å². The number of nitrogens with zero attached hydrogens (tertiary/aromatic N) is 1. The smallest absolute Gasteiger partial charge is 0.261 e. The second-order valence-corrected chi connectivity index (χ2v) is 7.53. The second-order valence-electron chi connectivity index (χ2n) is 7.53. The van der Waals surface area contributed by atoms with E-state index in [0.29, 0.717) is 18.8 Å². The summed E-state index contributed by atoms with van der Waals surface area (Å²) in [6.07, 6.45) is 0.847. The number of rotatable bonds is 9. The molecule has 5 heteroatoms. The standard InChI is InChI=1S/C24H32N2O3/c1-6-13-25-24(28)20(5)26(15-21-10-7-17(2)8-11-21)23(27)16-29-22-12-9-18(3)14-19(22)4/h7-12,14,20H,6,13,15-16H2,1-5H3,(H,25,28). The highest BCUT2D eigenvalue weighted by atomic mass is 16.5. The SMILES string of the molecule is CCCNC(=O)C(C)N(Cc1ccc(C)cc1)C(=O)COc1ccc(C)cc1C. The van der Waals surface area contributed by atoms with Crippen LogP contribution in [-0.2, 0) is 16.1 Å². The molecule has 0 aromatic heterocycles. The lowest BCUT2D eigenvalue weighted by Gasteiger charge is -2.29. The van der Waals surface area contributed by atoms with E-state index in [1.54, 1.807) is 11.8 Å². The number of carbonyl (C=O) groups is 2. The van der Waals surface area contributed by atoms with Crippen LogP contribution in [0.3, 0.4) is 0 Å². The number of amides is 2. The fourth-order valence-corrected chi connectivity index (χ4v) is 3.05. The third kappa shape index (κ3) is 6.63. The molecule has 5 nitrogen and oxygen atoms in total. The van der Waals surface area contributed by atoms with Crippen LogP contribution >= 0.6 is 0 Å². The van der Waals surface area contributed by atoms with Crippen LogP contribution in [0, 0.1) is 20.8 Å². The number of hydrogen-bond acceptors (Lipinski definition) is 3. The van der Waals surface area contributed by atoms with Crippen LogP contribution in [0.4, 0.5) is 0 Å². The summed E-state index contributed by atoms with van der Waals surface area (Å²) in [7, 11) is 0. The summed E-state index contributed by atoms with van der Waals surface area (Å²) in [5.74, 6) is 0.311. The average molecular weight is 397 g/mol. The van der Waals surface area contributed by atoms with E-state index in [4.69, 9.17) is 4.74 Å². The summed E-state index contributed by atoms with van der Waals surface area (Å²) in [6, 6.07) is 13.2. The van der Waals surface area contributed by atoms with Crippen LogP contribution in [-0.4, -0.2) is 35.9 Å². The number of hydrogen-bond donors (Lipinski definition) is 1. The van der Waals surface area contributed by atoms with Crippen molar-refractivity contribution in [2.45, 2.75) is 53.6 Å². The molecule has 2 aromatic rings. The number of carbonyl (C=O) groups excluding carboxylic acids is 2. The maximum atomic E-state index is 13.0. The van der Waals surface area contributed by atoms with Gasteiger partial charge in [0.15, 0.2) is 6.61 Å². The molecule has 0 aliphatic rings. The van der Waals surface area contributed by atoms with E-state index >= 15 is 0 Å². The lowest BCUT2D eigenvalue weighted by Crippen LogP contribution is -2.49. The van der Waals surface area contributed by atoms with E-state index in [2.05, 4.69) is 5.32 Å². The normalized spacial score (nSPS) is 11.6. The number of nitrogens with one attached hydrogen (secondary N) is 1. The van der Waals surface area contributed by atoms with E-state index in [9.17, 15) is 9.59 Å². The van der Waals surface area contributed by atoms with E-state index in [1.807, 2.05) is 70.2 Å². The molecule has 156 valence electrons. The van der Waals surface area contributed by atoms with Gasteiger partial charge in [0, 0.05) is 13.1 Å². The molecule has 0 fully saturated rings. The molecule has 1 N–H and O–H groups in total. The summed E-state index contributed by atoms with van der Waals surface area (Å²) in [5.41, 5.74) is 4.25. The van der Waals surface area contributed by atoms with Gasteiger partial charge in [-0.05, 0) is 51.3 Å². The van der Waals surface area contributed by atoms with Crippen molar-refractivity contribution in [3.8, 4) is 5.75 Å². The zero-order valence-corrected chi connectivity index (χ0v) is 18.1. The zero-order chi connectivity index (χ0) is 21.4. The number of aryl methyl sites for hydroxylation is 3. The first-order valence-electron chi connectivity index (χ1n) is 10.1. The Kier molecular flexibility index (Phi) is 8.25. The molecule has 1 atom stereocenters. The van der Waals surface area contributed by atoms with Gasteiger partial charge >= 0.3 is 0 Å². The Morgan fingerprint density at radius 3 is 2.31 bits per heavy atom. The number of ether oxygens (including phenoxy) is 1. The molecular formula is C24H32N2O3. The topological polar surface area (TPSA) is 58.6 Å². The van der Waals surface area contributed by atoms with Gasteiger partial charge in [0.25, 0.3) is 5.91 Å². The molecule has 0 aliphatic carbocycles. The molecule has 2 rings (SSSR count). The largest absolute Gasteiger partial charge is 0.483 e. The fraction of sp³-hybridized carbons (Fsp3) is 0.417. The van der Waals surface area contributed by atoms with E-state index in [-0.39, 0.29) is 18.4 Å². The lowest BCUT2D eigenvalue weighted by molar-refractivity contribution is -0.142. The molecule has 0 radical (unpaired) electrons. The minimum atomic E-state index is -0.585. The van der Waals surface area contributed by atoms with Crippen molar-refractivity contribution in [2.24, 2.45) is 0 Å². The highest BCUT2D eigenvalue weighted by Gasteiger charge is 2.26. The predicted octanol–water partition coefficient (Wildman–Crippen LogP) is 3.93. The molecule has 0 saturated heterocycles. The van der Waals surface area contributed by atoms with Gasteiger partial charge in [0.05, 0.1) is 0 Å². The molecule has 0 aliphatic heterocycles. The van der Waals surface area contributed by atoms with E-state index < -0.39 is 6.04 Å². The summed E-state index contributed by atoms with van der Waals surface area (Å²) < 4.78 is 5.78. The van der Waals surface area contributed by atoms with Crippen LogP contribution in [0.5, 0.6) is 5.75 Å². The minimum absolute atomic E-state index is 0.110. The van der Waals surface area contributed by atoms with Gasteiger partial charge in [-0.1, -0.05) is 54.4 Å². The molecule has 0 saturated carbocycles. The Morgan fingerprint density at radius 1 is 1.03 bits per heavy atom. The van der Waals surface area contributed by atoms with Crippen LogP contribution in [0.25, 0.3) is 0 Å². The zero-order valence-electron chi connectivity index (χ0n) is 18.1. The number of benzene rings is 2. The Hall–Kier alpha value is -2.82. The second kappa shape index (κ2) is 10.6. The summed E-state index contributed by atoms with van der Waals surface area (Å²) in [5, 5.41) is 2.88. The quantitative estimate of drug-likeness (QED) is 0.699. The molecule has 2 aromatic carbocycles. The molecular weight excluding hydrogens is 364 g/mol. The van der Waals surface area contributed by atoms with Crippen molar-refractivity contribution in [1.29, 1.82) is 0 Å². The Balaban J connectivity index is 2.14. The molecule has 0 spiro atoms. The van der Waals surface area contributed by atoms with Gasteiger partial charge in [-0.3, -0.25) is 9.59 Å². The van der Waals surface area contributed by atoms with Crippen LogP contribution < -0.4 is 10.1 Å². The Morgan fingerprint density at radius 2 is 1.69 bits per heavy atom. The Bertz CT molecular complexity index is 831. The van der Waals surface area contributed by atoms with E-state index in [0.717, 1.165) is 28.7 Å². The monoisotopic (exact) mass is 396 g/mol. The van der Waals surface area contributed by atoms with Gasteiger partial charge in [-0.15, -0.1) is 0 Å². The maximum absolute atomic E-state index is 13.0.